The van der Waals surface area contributed by atoms with Crippen LogP contribution >= 0.6 is 23.5 Å². The molecule has 0 fully saturated rings. The molecule has 4 rings (SSSR count). The van der Waals surface area contributed by atoms with Crippen molar-refractivity contribution in [3.8, 4) is 17.1 Å². The van der Waals surface area contributed by atoms with Gasteiger partial charge in [0.25, 0.3) is 5.91 Å². The molecule has 1 amide bonds. The largest absolute Gasteiger partial charge is 0.476 e. The molecule has 5 nitrogen and oxygen atoms in total. The number of nitrogens with one attached hydrogen (secondary N) is 1. The van der Waals surface area contributed by atoms with Gasteiger partial charge in [-0.25, -0.2) is 4.39 Å². The van der Waals surface area contributed by atoms with E-state index in [2.05, 4.69) is 14.9 Å². The fourth-order valence-corrected chi connectivity index (χ4v) is 3.69. The van der Waals surface area contributed by atoms with Crippen LogP contribution in [-0.4, -0.2) is 22.7 Å². The molecule has 3 aromatic carbocycles. The molecule has 0 aliphatic carbocycles. The van der Waals surface area contributed by atoms with Crippen molar-refractivity contribution < 1.29 is 13.9 Å². The minimum absolute atomic E-state index is 0.263. The monoisotopic (exact) mass is 479 g/mol. The first-order chi connectivity index (χ1) is 16.1. The van der Waals surface area contributed by atoms with Crippen molar-refractivity contribution in [3.05, 3.63) is 107 Å². The molecule has 0 unspecified atom stereocenters. The van der Waals surface area contributed by atoms with Crippen molar-refractivity contribution in [3.63, 3.8) is 0 Å². The molecule has 8 heteroatoms. The molecule has 0 aliphatic rings. The van der Waals surface area contributed by atoms with Gasteiger partial charge in [0.15, 0.2) is 0 Å². The van der Waals surface area contributed by atoms with Gasteiger partial charge < -0.3 is 4.74 Å². The molecule has 0 spiro atoms. The highest BCUT2D eigenvalue weighted by atomic mass is 35.5. The van der Waals surface area contributed by atoms with Gasteiger partial charge in [-0.05, 0) is 72.1 Å². The summed E-state index contributed by atoms with van der Waals surface area (Å²) < 4.78 is 21.4. The van der Waals surface area contributed by atoms with Gasteiger partial charge >= 0.3 is 0 Å². The standard InChI is InChI=1S/C25H19ClFN3O2S/c26-20-6-4-17(5-7-20)14-15-32-24-13-12-23(28-29-24)18-2-1-3-19(16-18)25(31)30-33-22-10-8-21(27)9-11-22/h1-13,16H,14-15H2,(H,30,31). The Bertz CT molecular complexity index is 1220. The predicted molar refractivity (Wildman–Crippen MR) is 128 cm³/mol. The molecule has 0 atom stereocenters. The number of nitrogens with zero attached hydrogens (tertiary/aromatic N) is 2. The summed E-state index contributed by atoms with van der Waals surface area (Å²) in [6.07, 6.45) is 0.730. The number of ether oxygens (including phenoxy) is 1. The molecular formula is C25H19ClFN3O2S. The van der Waals surface area contributed by atoms with Crippen LogP contribution in [0.3, 0.4) is 0 Å². The first-order valence-electron chi connectivity index (χ1n) is 10.1. The van der Waals surface area contributed by atoms with E-state index >= 15 is 0 Å². The summed E-state index contributed by atoms with van der Waals surface area (Å²) in [5.41, 5.74) is 2.99. The zero-order chi connectivity index (χ0) is 23.0. The molecule has 166 valence electrons. The summed E-state index contributed by atoms with van der Waals surface area (Å²) in [4.78, 5) is 13.2. The molecular weight excluding hydrogens is 461 g/mol. The molecule has 1 N–H and O–H groups in total. The van der Waals surface area contributed by atoms with Crippen molar-refractivity contribution in [2.75, 3.05) is 6.61 Å². The third-order valence-corrected chi connectivity index (χ3v) is 5.74. The number of carbonyl (C=O) groups excluding carboxylic acids is 1. The van der Waals surface area contributed by atoms with Gasteiger partial charge in [0.2, 0.25) is 5.88 Å². The van der Waals surface area contributed by atoms with E-state index < -0.39 is 0 Å². The summed E-state index contributed by atoms with van der Waals surface area (Å²) in [6.45, 7) is 0.469. The average Bonchev–Trinajstić information content (AvgIpc) is 2.85. The SMILES string of the molecule is O=C(NSc1ccc(F)cc1)c1cccc(-c2ccc(OCCc3ccc(Cl)cc3)nn2)c1. The number of hydrogen-bond acceptors (Lipinski definition) is 5. The van der Waals surface area contributed by atoms with Crippen molar-refractivity contribution in [2.24, 2.45) is 0 Å². The van der Waals surface area contributed by atoms with E-state index in [9.17, 15) is 9.18 Å². The lowest BCUT2D eigenvalue weighted by Crippen LogP contribution is -2.15. The number of benzene rings is 3. The fourth-order valence-electron chi connectivity index (χ4n) is 2.96. The minimum atomic E-state index is -0.322. The number of halogens is 2. The Labute approximate surface area is 200 Å². The molecule has 0 saturated heterocycles. The van der Waals surface area contributed by atoms with Crippen LogP contribution in [0.4, 0.5) is 4.39 Å². The second-order valence-electron chi connectivity index (χ2n) is 7.05. The molecule has 33 heavy (non-hydrogen) atoms. The first-order valence-corrected chi connectivity index (χ1v) is 11.3. The van der Waals surface area contributed by atoms with Gasteiger partial charge in [-0.15, -0.1) is 10.2 Å². The average molecular weight is 480 g/mol. The molecule has 0 saturated carbocycles. The third kappa shape index (κ3) is 6.54. The highest BCUT2D eigenvalue weighted by molar-refractivity contribution is 7.98. The maximum Gasteiger partial charge on any atom is 0.261 e. The van der Waals surface area contributed by atoms with Crippen molar-refractivity contribution >= 4 is 29.5 Å². The van der Waals surface area contributed by atoms with Crippen LogP contribution in [0.1, 0.15) is 15.9 Å². The Hall–Kier alpha value is -3.42. The lowest BCUT2D eigenvalue weighted by atomic mass is 10.1. The Kier molecular flexibility index (Phi) is 7.55. The normalized spacial score (nSPS) is 10.6. The Morgan fingerprint density at radius 2 is 1.76 bits per heavy atom. The summed E-state index contributed by atoms with van der Waals surface area (Å²) in [6, 6.07) is 24.2. The predicted octanol–water partition coefficient (Wildman–Crippen LogP) is 5.99. The van der Waals surface area contributed by atoms with E-state index in [1.807, 2.05) is 30.3 Å². The molecule has 0 bridgehead atoms. The maximum atomic E-state index is 13.0. The number of rotatable bonds is 8. The van der Waals surface area contributed by atoms with E-state index in [1.54, 1.807) is 42.5 Å². The third-order valence-electron chi connectivity index (χ3n) is 4.69. The topological polar surface area (TPSA) is 64.1 Å². The quantitative estimate of drug-likeness (QED) is 0.314. The van der Waals surface area contributed by atoms with Crippen LogP contribution < -0.4 is 9.46 Å². The van der Waals surface area contributed by atoms with Crippen LogP contribution in [0.2, 0.25) is 5.02 Å². The number of hydrogen-bond donors (Lipinski definition) is 1. The van der Waals surface area contributed by atoms with E-state index in [4.69, 9.17) is 16.3 Å². The van der Waals surface area contributed by atoms with Crippen molar-refractivity contribution in [2.45, 2.75) is 11.3 Å². The number of aromatic nitrogens is 2. The molecule has 0 radical (unpaired) electrons. The van der Waals surface area contributed by atoms with E-state index in [1.165, 1.54) is 12.1 Å². The second kappa shape index (κ2) is 10.9. The van der Waals surface area contributed by atoms with Gasteiger partial charge in [-0.2, -0.15) is 0 Å². The summed E-state index contributed by atoms with van der Waals surface area (Å²) >= 11 is 7.02. The molecule has 4 aromatic rings. The minimum Gasteiger partial charge on any atom is -0.476 e. The zero-order valence-corrected chi connectivity index (χ0v) is 18.9. The van der Waals surface area contributed by atoms with E-state index in [0.717, 1.165) is 34.4 Å². The van der Waals surface area contributed by atoms with Crippen molar-refractivity contribution in [1.82, 2.24) is 14.9 Å². The number of carbonyl (C=O) groups is 1. The first kappa shape index (κ1) is 22.8. The van der Waals surface area contributed by atoms with Crippen LogP contribution in [0.5, 0.6) is 5.88 Å². The maximum absolute atomic E-state index is 13.0. The van der Waals surface area contributed by atoms with Crippen LogP contribution in [0, 0.1) is 5.82 Å². The van der Waals surface area contributed by atoms with E-state index in [0.29, 0.717) is 28.8 Å². The van der Waals surface area contributed by atoms with Crippen LogP contribution in [0.25, 0.3) is 11.3 Å². The summed E-state index contributed by atoms with van der Waals surface area (Å²) in [7, 11) is 0. The highest BCUT2D eigenvalue weighted by Crippen LogP contribution is 2.21. The highest BCUT2D eigenvalue weighted by Gasteiger charge is 2.09. The lowest BCUT2D eigenvalue weighted by Gasteiger charge is -2.08. The second-order valence-corrected chi connectivity index (χ2v) is 8.37. The van der Waals surface area contributed by atoms with Crippen LogP contribution in [0.15, 0.2) is 89.8 Å². The fraction of sp³-hybridized carbons (Fsp3) is 0.0800. The van der Waals surface area contributed by atoms with Gasteiger partial charge in [-0.1, -0.05) is 35.9 Å². The Morgan fingerprint density at radius 3 is 2.48 bits per heavy atom. The van der Waals surface area contributed by atoms with Gasteiger partial charge in [0, 0.05) is 33.5 Å². The summed E-state index contributed by atoms with van der Waals surface area (Å²) in [5.74, 6) is -0.156. The molecule has 1 aromatic heterocycles. The Balaban J connectivity index is 1.33. The zero-order valence-electron chi connectivity index (χ0n) is 17.4. The number of amides is 1. The molecule has 1 heterocycles. The smallest absolute Gasteiger partial charge is 0.261 e. The van der Waals surface area contributed by atoms with Gasteiger partial charge in [0.05, 0.1) is 12.3 Å². The molecule has 0 aliphatic heterocycles. The van der Waals surface area contributed by atoms with Crippen molar-refractivity contribution in [1.29, 1.82) is 0 Å². The van der Waals surface area contributed by atoms with Gasteiger partial charge in [0.1, 0.15) is 5.82 Å². The van der Waals surface area contributed by atoms with Gasteiger partial charge in [-0.3, -0.25) is 9.52 Å². The summed E-state index contributed by atoms with van der Waals surface area (Å²) in [5, 5.41) is 9.06. The van der Waals surface area contributed by atoms with Crippen LogP contribution in [-0.2, 0) is 6.42 Å². The Morgan fingerprint density at radius 1 is 0.970 bits per heavy atom. The van der Waals surface area contributed by atoms with E-state index in [-0.39, 0.29) is 11.7 Å². The lowest BCUT2D eigenvalue weighted by molar-refractivity contribution is 0.0984.